The first-order valence-corrected chi connectivity index (χ1v) is 47.8. The van der Waals surface area contributed by atoms with Crippen LogP contribution >= 0.6 is 17.2 Å². The molecule has 0 amide bonds. The van der Waals surface area contributed by atoms with Crippen molar-refractivity contribution in [1.29, 1.82) is 0 Å². The predicted octanol–water partition coefficient (Wildman–Crippen LogP) is 14.0. The molecule has 4 heteroatoms. The number of halogens is 2. The Kier molecular flexibility index (Phi) is 9.67. The van der Waals surface area contributed by atoms with E-state index in [0.717, 1.165) is 12.8 Å². The molecule has 0 heterocycles. The molecule has 0 saturated heterocycles. The van der Waals surface area contributed by atoms with Gasteiger partial charge in [0, 0.05) is 0 Å². The fourth-order valence-electron chi connectivity index (χ4n) is 8.48. The van der Waals surface area contributed by atoms with Gasteiger partial charge in [-0.15, -0.1) is 0 Å². The van der Waals surface area contributed by atoms with Gasteiger partial charge < -0.3 is 0 Å². The standard InChI is InChI=1S/2C21H23.C2H7Ge.2ClH.Hf/c2*1-5-15-13-17-7-6-8-19(20(17)14-15)16-9-11-18(12-10-16)21(2,3)4;1-3-2;;;/h2*6-14H,5H2,1-4H3;3H,1-2H3;2*1H;/q;;;;;+2/p-2. The molecule has 2 unspecified atom stereocenters. The third-order valence-electron chi connectivity index (χ3n) is 11.4. The van der Waals surface area contributed by atoms with E-state index in [1.807, 2.05) is 0 Å². The molecule has 0 fully saturated rings. The van der Waals surface area contributed by atoms with E-state index in [0.29, 0.717) is 0 Å². The van der Waals surface area contributed by atoms with E-state index in [1.54, 1.807) is 0 Å². The fourth-order valence-corrected chi connectivity index (χ4v) is 72.6. The molecule has 0 N–H and O–H groups in total. The summed E-state index contributed by atoms with van der Waals surface area (Å²) in [5, 5.41) is 0. The number of hydrogen-bond acceptors (Lipinski definition) is 0. The van der Waals surface area contributed by atoms with Crippen LogP contribution in [0.5, 0.6) is 0 Å². The van der Waals surface area contributed by atoms with E-state index < -0.39 is 24.3 Å². The molecule has 0 nitrogen and oxygen atoms in total. The number of allylic oxidation sites excluding steroid dienone is 2. The van der Waals surface area contributed by atoms with Crippen LogP contribution in [-0.2, 0) is 24.5 Å². The monoisotopic (exact) mass is 905 g/mol. The molecule has 4 aromatic carbocycles. The summed E-state index contributed by atoms with van der Waals surface area (Å²) in [4.78, 5) is 0. The van der Waals surface area contributed by atoms with Crippen molar-refractivity contribution in [3.05, 3.63) is 129 Å². The molecule has 48 heavy (non-hydrogen) atoms. The van der Waals surface area contributed by atoms with Crippen LogP contribution in [0.4, 0.5) is 0 Å². The molecule has 0 aromatic heterocycles. The van der Waals surface area contributed by atoms with Crippen molar-refractivity contribution in [1.82, 2.24) is 0 Å². The van der Waals surface area contributed by atoms with Crippen molar-refractivity contribution >= 4 is 39.9 Å². The van der Waals surface area contributed by atoms with Gasteiger partial charge in [-0.25, -0.2) is 0 Å². The molecule has 4 aromatic rings. The van der Waals surface area contributed by atoms with Crippen LogP contribution in [0, 0.1) is 0 Å². The van der Waals surface area contributed by atoms with Gasteiger partial charge in [0.1, 0.15) is 0 Å². The minimum atomic E-state index is -4.90. The van der Waals surface area contributed by atoms with Crippen molar-refractivity contribution < 1.29 is 13.6 Å². The average Bonchev–Trinajstić information content (AvgIpc) is 3.64. The van der Waals surface area contributed by atoms with E-state index in [4.69, 9.17) is 17.2 Å². The van der Waals surface area contributed by atoms with Gasteiger partial charge in [0.2, 0.25) is 0 Å². The van der Waals surface area contributed by atoms with Gasteiger partial charge in [-0.3, -0.25) is 0 Å². The molecular formula is C44H53Cl2GeHf. The molecule has 0 aliphatic heterocycles. The summed E-state index contributed by atoms with van der Waals surface area (Å²) in [6.45, 7) is 18.3. The van der Waals surface area contributed by atoms with Gasteiger partial charge in [-0.1, -0.05) is 0 Å². The Morgan fingerprint density at radius 3 is 1.21 bits per heavy atom. The average molecular weight is 904 g/mol. The van der Waals surface area contributed by atoms with Crippen molar-refractivity contribution in [3.63, 3.8) is 0 Å². The first kappa shape index (κ1) is 36.2. The second-order valence-electron chi connectivity index (χ2n) is 16.7. The molecule has 0 bridgehead atoms. The molecule has 0 saturated carbocycles. The Bertz CT molecular complexity index is 1780. The fraction of sp³-hybridized carbons (Fsp3) is 0.364. The van der Waals surface area contributed by atoms with Gasteiger partial charge >= 0.3 is 303 Å². The van der Waals surface area contributed by atoms with Crippen LogP contribution in [0.2, 0.25) is 11.5 Å². The van der Waals surface area contributed by atoms with Crippen LogP contribution in [0.1, 0.15) is 109 Å². The van der Waals surface area contributed by atoms with Crippen molar-refractivity contribution in [2.45, 2.75) is 97.9 Å². The van der Waals surface area contributed by atoms with E-state index in [9.17, 15) is 0 Å². The second kappa shape index (κ2) is 12.8. The molecule has 2 aliphatic carbocycles. The summed E-state index contributed by atoms with van der Waals surface area (Å²) in [6.07, 6.45) is 6.90. The van der Waals surface area contributed by atoms with Crippen LogP contribution in [0.15, 0.2) is 96.1 Å². The van der Waals surface area contributed by atoms with Crippen molar-refractivity contribution in [2.75, 3.05) is 0 Å². The SMILES string of the molecule is CCC1=Cc2c(-c3ccc(C(C)(C)C)cc3)cccc2[CH]1[Hf]([Cl])([Cl])([CH]1C(CC)=Cc2c(-c3ccc(C(C)(C)C)cc3)cccc21)[GeH]([CH3])[CH3]. The summed E-state index contributed by atoms with van der Waals surface area (Å²) >= 11 is -4.90. The topological polar surface area (TPSA) is 0 Å². The summed E-state index contributed by atoms with van der Waals surface area (Å²) in [5.74, 6) is 5.01. The number of hydrogen-bond donors (Lipinski definition) is 0. The second-order valence-corrected chi connectivity index (χ2v) is 105. The molecule has 2 aliphatic rings. The zero-order valence-electron chi connectivity index (χ0n) is 30.6. The molecule has 251 valence electrons. The van der Waals surface area contributed by atoms with E-state index in [-0.39, 0.29) is 18.2 Å². The van der Waals surface area contributed by atoms with Crippen LogP contribution in [0.25, 0.3) is 34.4 Å². The van der Waals surface area contributed by atoms with E-state index >= 15 is 0 Å². The Morgan fingerprint density at radius 1 is 0.562 bits per heavy atom. The molecule has 0 spiro atoms. The van der Waals surface area contributed by atoms with Gasteiger partial charge in [-0.05, 0) is 0 Å². The first-order valence-electron chi connectivity index (χ1n) is 18.0. The Labute approximate surface area is 300 Å². The molecule has 2 atom stereocenters. The summed E-state index contributed by atoms with van der Waals surface area (Å²) in [5.41, 5.74) is 16.4. The predicted molar refractivity (Wildman–Crippen MR) is 214 cm³/mol. The summed E-state index contributed by atoms with van der Waals surface area (Å²) < 4.78 is 0.277. The zero-order chi connectivity index (χ0) is 34.8. The van der Waals surface area contributed by atoms with Crippen LogP contribution in [-0.4, -0.2) is 10.6 Å². The Morgan fingerprint density at radius 2 is 0.917 bits per heavy atom. The number of rotatable bonds is 7. The number of fused-ring (bicyclic) bond motifs is 2. The molecule has 0 radical (unpaired) electrons. The molecule has 6 rings (SSSR count). The normalized spacial score (nSPS) is 18.6. The molecular weight excluding hydrogens is 850 g/mol. The summed E-state index contributed by atoms with van der Waals surface area (Å²) in [6, 6.07) is 32.2. The quantitative estimate of drug-likeness (QED) is 0.162. The maximum absolute atomic E-state index is 8.67. The van der Waals surface area contributed by atoms with Crippen LogP contribution in [0.3, 0.4) is 0 Å². The third-order valence-corrected chi connectivity index (χ3v) is 126. The first-order chi connectivity index (χ1) is 22.5. The minimum absolute atomic E-state index is 0.122. The van der Waals surface area contributed by atoms with E-state index in [1.165, 1.54) is 66.8 Å². The zero-order valence-corrected chi connectivity index (χ0v) is 38.2. The van der Waals surface area contributed by atoms with Gasteiger partial charge in [0.05, 0.1) is 0 Å². The number of benzene rings is 4. The van der Waals surface area contributed by atoms with Crippen LogP contribution < -0.4 is 0 Å². The Hall–Kier alpha value is -1.65. The van der Waals surface area contributed by atoms with Crippen molar-refractivity contribution in [2.24, 2.45) is 0 Å². The van der Waals surface area contributed by atoms with Crippen molar-refractivity contribution in [3.8, 4) is 22.3 Å². The third kappa shape index (κ3) is 5.95. The Balaban J connectivity index is 1.51. The van der Waals surface area contributed by atoms with Gasteiger partial charge in [0.15, 0.2) is 0 Å². The summed E-state index contributed by atoms with van der Waals surface area (Å²) in [7, 11) is 15.1. The van der Waals surface area contributed by atoms with Gasteiger partial charge in [0.25, 0.3) is 0 Å². The maximum atomic E-state index is 8.67. The van der Waals surface area contributed by atoms with Gasteiger partial charge in [-0.2, -0.15) is 0 Å². The van der Waals surface area contributed by atoms with E-state index in [2.05, 4.69) is 164 Å².